The van der Waals surface area contributed by atoms with Gasteiger partial charge >= 0.3 is 0 Å². The van der Waals surface area contributed by atoms with Crippen LogP contribution in [0.2, 0.25) is 0 Å². The first-order chi connectivity index (χ1) is 5.84. The van der Waals surface area contributed by atoms with Crippen LogP contribution in [0, 0.1) is 0 Å². The van der Waals surface area contributed by atoms with Gasteiger partial charge in [-0.25, -0.2) is 4.39 Å². The molecule has 2 nitrogen and oxygen atoms in total. The Morgan fingerprint density at radius 2 is 2.50 bits per heavy atom. The van der Waals surface area contributed by atoms with Crippen LogP contribution in [0.15, 0.2) is 24.5 Å². The Balaban J connectivity index is 2.48. The molecule has 0 radical (unpaired) electrons. The third-order valence-electron chi connectivity index (χ3n) is 1.73. The van der Waals surface area contributed by atoms with Crippen molar-refractivity contribution in [2.75, 3.05) is 13.2 Å². The zero-order chi connectivity index (χ0) is 8.81. The van der Waals surface area contributed by atoms with Crippen LogP contribution in [0.1, 0.15) is 18.5 Å². The van der Waals surface area contributed by atoms with Crippen LogP contribution < -0.4 is 5.32 Å². The Morgan fingerprint density at radius 1 is 1.67 bits per heavy atom. The topological polar surface area (TPSA) is 24.9 Å². The highest BCUT2D eigenvalue weighted by atomic mass is 19.1. The summed E-state index contributed by atoms with van der Waals surface area (Å²) < 4.78 is 11.8. The number of aromatic nitrogens is 1. The van der Waals surface area contributed by atoms with Gasteiger partial charge in [-0.15, -0.1) is 0 Å². The average molecular weight is 168 g/mol. The molecule has 0 unspecified atom stereocenters. The van der Waals surface area contributed by atoms with Gasteiger partial charge in [0.2, 0.25) is 0 Å². The van der Waals surface area contributed by atoms with Gasteiger partial charge in [0.05, 0.1) is 0 Å². The average Bonchev–Trinajstić information content (AvgIpc) is 2.15. The van der Waals surface area contributed by atoms with Crippen molar-refractivity contribution in [2.45, 2.75) is 13.0 Å². The van der Waals surface area contributed by atoms with Crippen LogP contribution in [0.25, 0.3) is 0 Å². The Hall–Kier alpha value is -0.960. The Bertz CT molecular complexity index is 213. The second kappa shape index (κ2) is 4.83. The molecule has 0 saturated carbocycles. The van der Waals surface area contributed by atoms with E-state index in [9.17, 15) is 4.39 Å². The van der Waals surface area contributed by atoms with Crippen molar-refractivity contribution in [1.29, 1.82) is 0 Å². The zero-order valence-electron chi connectivity index (χ0n) is 7.13. The quantitative estimate of drug-likeness (QED) is 0.740. The van der Waals surface area contributed by atoms with Crippen LogP contribution in [0.5, 0.6) is 0 Å². The van der Waals surface area contributed by atoms with E-state index in [2.05, 4.69) is 10.3 Å². The van der Waals surface area contributed by atoms with E-state index in [0.29, 0.717) is 6.54 Å². The largest absolute Gasteiger partial charge is 0.308 e. The summed E-state index contributed by atoms with van der Waals surface area (Å²) in [5, 5.41) is 3.03. The Kier molecular flexibility index (Phi) is 3.67. The molecule has 1 atom stereocenters. The molecular weight excluding hydrogens is 155 g/mol. The van der Waals surface area contributed by atoms with Crippen molar-refractivity contribution >= 4 is 0 Å². The summed E-state index contributed by atoms with van der Waals surface area (Å²) in [5.41, 5.74) is 1.09. The molecule has 12 heavy (non-hydrogen) atoms. The molecule has 0 spiro atoms. The highest BCUT2D eigenvalue weighted by Gasteiger charge is 2.02. The second-order valence-corrected chi connectivity index (χ2v) is 2.65. The van der Waals surface area contributed by atoms with E-state index in [1.165, 1.54) is 0 Å². The minimum Gasteiger partial charge on any atom is -0.308 e. The van der Waals surface area contributed by atoms with Crippen molar-refractivity contribution in [2.24, 2.45) is 0 Å². The molecule has 0 amide bonds. The zero-order valence-corrected chi connectivity index (χ0v) is 7.13. The molecule has 0 fully saturated rings. The number of hydrogen-bond donors (Lipinski definition) is 1. The second-order valence-electron chi connectivity index (χ2n) is 2.65. The van der Waals surface area contributed by atoms with Gasteiger partial charge in [-0.2, -0.15) is 0 Å². The monoisotopic (exact) mass is 168 g/mol. The minimum absolute atomic E-state index is 0.175. The standard InChI is InChI=1S/C9H13FN2/c1-8(12-6-4-10)9-3-2-5-11-7-9/h2-3,5,7-8,12H,4,6H2,1H3/t8-/m0/s1. The molecule has 1 aromatic rings. The van der Waals surface area contributed by atoms with Crippen molar-refractivity contribution in [3.05, 3.63) is 30.1 Å². The maximum Gasteiger partial charge on any atom is 0.102 e. The molecule has 0 saturated heterocycles. The van der Waals surface area contributed by atoms with Crippen molar-refractivity contribution in [1.82, 2.24) is 10.3 Å². The Morgan fingerprint density at radius 3 is 3.08 bits per heavy atom. The third kappa shape index (κ3) is 2.58. The molecule has 1 aromatic heterocycles. The summed E-state index contributed by atoms with van der Waals surface area (Å²) in [7, 11) is 0. The predicted octanol–water partition coefficient (Wildman–Crippen LogP) is 1.70. The van der Waals surface area contributed by atoms with Crippen LogP contribution in [-0.2, 0) is 0 Å². The first-order valence-electron chi connectivity index (χ1n) is 4.04. The predicted molar refractivity (Wildman–Crippen MR) is 46.6 cm³/mol. The van der Waals surface area contributed by atoms with Crippen molar-refractivity contribution in [3.8, 4) is 0 Å². The normalized spacial score (nSPS) is 12.8. The fourth-order valence-corrected chi connectivity index (χ4v) is 1.02. The summed E-state index contributed by atoms with van der Waals surface area (Å²) in [6.07, 6.45) is 3.52. The fourth-order valence-electron chi connectivity index (χ4n) is 1.02. The van der Waals surface area contributed by atoms with E-state index >= 15 is 0 Å². The van der Waals surface area contributed by atoms with E-state index in [4.69, 9.17) is 0 Å². The van der Waals surface area contributed by atoms with Crippen molar-refractivity contribution < 1.29 is 4.39 Å². The molecule has 66 valence electrons. The van der Waals surface area contributed by atoms with Crippen LogP contribution in [-0.4, -0.2) is 18.2 Å². The Labute approximate surface area is 71.8 Å². The highest BCUT2D eigenvalue weighted by Crippen LogP contribution is 2.08. The van der Waals surface area contributed by atoms with E-state index < -0.39 is 0 Å². The van der Waals surface area contributed by atoms with Gasteiger partial charge in [0.15, 0.2) is 0 Å². The van der Waals surface area contributed by atoms with E-state index in [1.54, 1.807) is 12.4 Å². The number of rotatable bonds is 4. The van der Waals surface area contributed by atoms with Gasteiger partial charge < -0.3 is 5.32 Å². The third-order valence-corrected chi connectivity index (χ3v) is 1.73. The van der Waals surface area contributed by atoms with Gasteiger partial charge in [0, 0.05) is 25.0 Å². The molecule has 1 heterocycles. The fraction of sp³-hybridized carbons (Fsp3) is 0.444. The van der Waals surface area contributed by atoms with E-state index in [1.807, 2.05) is 19.1 Å². The van der Waals surface area contributed by atoms with E-state index in [0.717, 1.165) is 5.56 Å². The smallest absolute Gasteiger partial charge is 0.102 e. The van der Waals surface area contributed by atoms with Crippen LogP contribution in [0.3, 0.4) is 0 Å². The van der Waals surface area contributed by atoms with Crippen molar-refractivity contribution in [3.63, 3.8) is 0 Å². The molecule has 1 rings (SSSR count). The first kappa shape index (κ1) is 9.13. The summed E-state index contributed by atoms with van der Waals surface area (Å²) >= 11 is 0. The lowest BCUT2D eigenvalue weighted by Crippen LogP contribution is -2.20. The lowest BCUT2D eigenvalue weighted by molar-refractivity contribution is 0.444. The first-order valence-corrected chi connectivity index (χ1v) is 4.04. The van der Waals surface area contributed by atoms with E-state index in [-0.39, 0.29) is 12.7 Å². The van der Waals surface area contributed by atoms with Crippen LogP contribution in [0.4, 0.5) is 4.39 Å². The highest BCUT2D eigenvalue weighted by molar-refractivity contribution is 5.12. The molecular formula is C9H13FN2. The minimum atomic E-state index is -0.329. The summed E-state index contributed by atoms with van der Waals surface area (Å²) in [6.45, 7) is 2.06. The lowest BCUT2D eigenvalue weighted by atomic mass is 10.1. The van der Waals surface area contributed by atoms with Crippen LogP contribution >= 0.6 is 0 Å². The number of nitrogens with zero attached hydrogens (tertiary/aromatic N) is 1. The maximum atomic E-state index is 11.8. The number of alkyl halides is 1. The lowest BCUT2D eigenvalue weighted by Gasteiger charge is -2.11. The molecule has 0 aliphatic heterocycles. The van der Waals surface area contributed by atoms with Gasteiger partial charge in [0.1, 0.15) is 6.67 Å². The number of hydrogen-bond acceptors (Lipinski definition) is 2. The number of nitrogens with one attached hydrogen (secondary N) is 1. The van der Waals surface area contributed by atoms with Gasteiger partial charge in [-0.3, -0.25) is 4.98 Å². The molecule has 0 aromatic carbocycles. The molecule has 0 aliphatic carbocycles. The maximum absolute atomic E-state index is 11.8. The van der Waals surface area contributed by atoms with Gasteiger partial charge in [0.25, 0.3) is 0 Å². The van der Waals surface area contributed by atoms with Gasteiger partial charge in [-0.05, 0) is 18.6 Å². The number of pyridine rings is 1. The van der Waals surface area contributed by atoms with Gasteiger partial charge in [-0.1, -0.05) is 6.07 Å². The molecule has 3 heteroatoms. The molecule has 0 bridgehead atoms. The SMILES string of the molecule is C[C@H](NCCF)c1cccnc1. The summed E-state index contributed by atoms with van der Waals surface area (Å²) in [5.74, 6) is 0. The summed E-state index contributed by atoms with van der Waals surface area (Å²) in [4.78, 5) is 3.98. The molecule has 0 aliphatic rings. The summed E-state index contributed by atoms with van der Waals surface area (Å²) in [6, 6.07) is 4.03. The number of halogens is 1. The molecule has 1 N–H and O–H groups in total.